The molecule has 1 heterocycles. The molecular formula is C11H17N3. The molecule has 14 heavy (non-hydrogen) atoms. The van der Waals surface area contributed by atoms with E-state index >= 15 is 0 Å². The molecule has 0 radical (unpaired) electrons. The van der Waals surface area contributed by atoms with Crippen LogP contribution in [0, 0.1) is 17.8 Å². The number of nitrogens with zero attached hydrogens (tertiary/aromatic N) is 2. The molecule has 3 nitrogen and oxygen atoms in total. The van der Waals surface area contributed by atoms with Gasteiger partial charge in [0.1, 0.15) is 0 Å². The van der Waals surface area contributed by atoms with E-state index in [0.717, 1.165) is 11.8 Å². The lowest BCUT2D eigenvalue weighted by atomic mass is 9.91. The van der Waals surface area contributed by atoms with E-state index in [1.165, 1.54) is 24.8 Å². The Kier molecular flexibility index (Phi) is 1.71. The largest absolute Gasteiger partial charge is 0.324 e. The van der Waals surface area contributed by atoms with Gasteiger partial charge < -0.3 is 5.73 Å². The highest BCUT2D eigenvalue weighted by Gasteiger charge is 2.47. The molecule has 2 saturated carbocycles. The Hall–Kier alpha value is -0.830. The lowest BCUT2D eigenvalue weighted by Crippen LogP contribution is -2.19. The average molecular weight is 191 g/mol. The molecule has 0 bridgehead atoms. The van der Waals surface area contributed by atoms with Crippen LogP contribution in [0.4, 0.5) is 0 Å². The summed E-state index contributed by atoms with van der Waals surface area (Å²) in [7, 11) is 1.95. The van der Waals surface area contributed by atoms with Crippen LogP contribution in [0.25, 0.3) is 0 Å². The summed E-state index contributed by atoms with van der Waals surface area (Å²) in [6.07, 6.45) is 8.13. The topological polar surface area (TPSA) is 43.8 Å². The maximum absolute atomic E-state index is 6.24. The minimum absolute atomic E-state index is 0.219. The maximum Gasteiger partial charge on any atom is 0.0537 e. The highest BCUT2D eigenvalue weighted by atomic mass is 15.2. The molecule has 3 unspecified atom stereocenters. The van der Waals surface area contributed by atoms with Crippen LogP contribution in [0.1, 0.15) is 30.9 Å². The predicted octanol–water partition coefficient (Wildman–Crippen LogP) is 1.47. The van der Waals surface area contributed by atoms with Crippen LogP contribution < -0.4 is 5.73 Å². The molecule has 2 fully saturated rings. The molecule has 1 aromatic rings. The van der Waals surface area contributed by atoms with Gasteiger partial charge >= 0.3 is 0 Å². The number of hydrogen-bond donors (Lipinski definition) is 1. The fourth-order valence-corrected chi connectivity index (χ4v) is 2.94. The molecule has 76 valence electrons. The highest BCUT2D eigenvalue weighted by molar-refractivity contribution is 5.13. The van der Waals surface area contributed by atoms with Crippen molar-refractivity contribution in [2.45, 2.75) is 25.3 Å². The van der Waals surface area contributed by atoms with Crippen molar-refractivity contribution in [1.82, 2.24) is 9.78 Å². The molecular weight excluding hydrogens is 174 g/mol. The van der Waals surface area contributed by atoms with Crippen LogP contribution in [-0.2, 0) is 7.05 Å². The van der Waals surface area contributed by atoms with Crippen LogP contribution >= 0.6 is 0 Å². The summed E-state index contributed by atoms with van der Waals surface area (Å²) < 4.78 is 1.84. The van der Waals surface area contributed by atoms with E-state index in [2.05, 4.69) is 11.3 Å². The molecule has 2 aliphatic carbocycles. The standard InChI is InChI=1S/C11H17N3/c1-14-6-10(5-13-14)11(12)9-3-7-2-8(7)4-9/h5-9,11H,2-4,12H2,1H3. The van der Waals surface area contributed by atoms with E-state index in [1.807, 2.05) is 17.9 Å². The summed E-state index contributed by atoms with van der Waals surface area (Å²) in [6.45, 7) is 0. The molecule has 0 aromatic carbocycles. The Bertz CT molecular complexity index is 334. The lowest BCUT2D eigenvalue weighted by molar-refractivity contribution is 0.404. The second kappa shape index (κ2) is 2.83. The molecule has 2 aliphatic rings. The van der Waals surface area contributed by atoms with Crippen LogP contribution in [0.5, 0.6) is 0 Å². The number of fused-ring (bicyclic) bond motifs is 1. The fraction of sp³-hybridized carbons (Fsp3) is 0.727. The van der Waals surface area contributed by atoms with Crippen LogP contribution in [0.15, 0.2) is 12.4 Å². The number of aromatic nitrogens is 2. The molecule has 3 rings (SSSR count). The third-order valence-corrected chi connectivity index (χ3v) is 3.90. The van der Waals surface area contributed by atoms with Gasteiger partial charge in [0, 0.05) is 24.8 Å². The van der Waals surface area contributed by atoms with Gasteiger partial charge in [0.25, 0.3) is 0 Å². The SMILES string of the molecule is Cn1cc(C(N)C2CC3CC3C2)cn1. The Morgan fingerprint density at radius 2 is 2.14 bits per heavy atom. The maximum atomic E-state index is 6.24. The van der Waals surface area contributed by atoms with E-state index in [0.29, 0.717) is 5.92 Å². The van der Waals surface area contributed by atoms with Crippen LogP contribution in [0.2, 0.25) is 0 Å². The molecule has 1 aromatic heterocycles. The molecule has 0 amide bonds. The quantitative estimate of drug-likeness (QED) is 0.769. The molecule has 0 saturated heterocycles. The van der Waals surface area contributed by atoms with Crippen molar-refractivity contribution >= 4 is 0 Å². The molecule has 0 aliphatic heterocycles. The Labute approximate surface area is 84.3 Å². The second-order valence-electron chi connectivity index (χ2n) is 4.96. The molecule has 3 atom stereocenters. The number of nitrogens with two attached hydrogens (primary N) is 1. The first kappa shape index (κ1) is 8.48. The fourth-order valence-electron chi connectivity index (χ4n) is 2.94. The van der Waals surface area contributed by atoms with Crippen molar-refractivity contribution in [3.05, 3.63) is 18.0 Å². The van der Waals surface area contributed by atoms with Gasteiger partial charge in [0.05, 0.1) is 6.20 Å². The third kappa shape index (κ3) is 1.27. The average Bonchev–Trinajstić information content (AvgIpc) is 2.64. The summed E-state index contributed by atoms with van der Waals surface area (Å²) in [4.78, 5) is 0. The van der Waals surface area contributed by atoms with E-state index in [1.54, 1.807) is 0 Å². The van der Waals surface area contributed by atoms with Crippen molar-refractivity contribution < 1.29 is 0 Å². The van der Waals surface area contributed by atoms with Gasteiger partial charge in [-0.1, -0.05) is 0 Å². The van der Waals surface area contributed by atoms with Crippen molar-refractivity contribution in [2.24, 2.45) is 30.5 Å². The normalized spacial score (nSPS) is 36.9. The van der Waals surface area contributed by atoms with Crippen LogP contribution in [0.3, 0.4) is 0 Å². The first-order valence-electron chi connectivity index (χ1n) is 5.48. The first-order chi connectivity index (χ1) is 6.74. The van der Waals surface area contributed by atoms with E-state index in [-0.39, 0.29) is 6.04 Å². The summed E-state index contributed by atoms with van der Waals surface area (Å²) in [5, 5.41) is 4.18. The van der Waals surface area contributed by atoms with Gasteiger partial charge in [-0.05, 0) is 37.0 Å². The predicted molar refractivity (Wildman–Crippen MR) is 54.5 cm³/mol. The summed E-state index contributed by atoms with van der Waals surface area (Å²) in [5.74, 6) is 2.74. The Morgan fingerprint density at radius 1 is 1.43 bits per heavy atom. The van der Waals surface area contributed by atoms with E-state index < -0.39 is 0 Å². The summed E-state index contributed by atoms with van der Waals surface area (Å²) in [6, 6.07) is 0.219. The third-order valence-electron chi connectivity index (χ3n) is 3.90. The van der Waals surface area contributed by atoms with Gasteiger partial charge in [-0.2, -0.15) is 5.10 Å². The zero-order valence-electron chi connectivity index (χ0n) is 8.56. The van der Waals surface area contributed by atoms with E-state index in [4.69, 9.17) is 5.73 Å². The first-order valence-corrected chi connectivity index (χ1v) is 5.48. The zero-order valence-corrected chi connectivity index (χ0v) is 8.56. The van der Waals surface area contributed by atoms with Gasteiger partial charge in [-0.15, -0.1) is 0 Å². The number of aryl methyl sites for hydroxylation is 1. The van der Waals surface area contributed by atoms with Crippen molar-refractivity contribution in [2.75, 3.05) is 0 Å². The van der Waals surface area contributed by atoms with Gasteiger partial charge in [-0.3, -0.25) is 4.68 Å². The molecule has 2 N–H and O–H groups in total. The number of hydrogen-bond acceptors (Lipinski definition) is 2. The minimum atomic E-state index is 0.219. The smallest absolute Gasteiger partial charge is 0.0537 e. The molecule has 0 spiro atoms. The van der Waals surface area contributed by atoms with Crippen LogP contribution in [-0.4, -0.2) is 9.78 Å². The summed E-state index contributed by atoms with van der Waals surface area (Å²) in [5.41, 5.74) is 7.45. The zero-order chi connectivity index (χ0) is 9.71. The second-order valence-corrected chi connectivity index (χ2v) is 4.96. The van der Waals surface area contributed by atoms with Gasteiger partial charge in [-0.25, -0.2) is 0 Å². The van der Waals surface area contributed by atoms with Crippen molar-refractivity contribution in [3.63, 3.8) is 0 Å². The van der Waals surface area contributed by atoms with Crippen molar-refractivity contribution in [3.8, 4) is 0 Å². The number of rotatable bonds is 2. The lowest BCUT2D eigenvalue weighted by Gasteiger charge is -2.18. The Balaban J connectivity index is 1.72. The van der Waals surface area contributed by atoms with Gasteiger partial charge in [0.15, 0.2) is 0 Å². The minimum Gasteiger partial charge on any atom is -0.324 e. The van der Waals surface area contributed by atoms with Crippen molar-refractivity contribution in [1.29, 1.82) is 0 Å². The highest BCUT2D eigenvalue weighted by Crippen LogP contribution is 2.56. The molecule has 3 heteroatoms. The van der Waals surface area contributed by atoms with Gasteiger partial charge in [0.2, 0.25) is 0 Å². The van der Waals surface area contributed by atoms with E-state index in [9.17, 15) is 0 Å². The Morgan fingerprint density at radius 3 is 2.71 bits per heavy atom. The summed E-state index contributed by atoms with van der Waals surface area (Å²) >= 11 is 0. The monoisotopic (exact) mass is 191 g/mol.